The van der Waals surface area contributed by atoms with Gasteiger partial charge in [0, 0.05) is 12.0 Å². The van der Waals surface area contributed by atoms with E-state index in [0.29, 0.717) is 17.9 Å². The van der Waals surface area contributed by atoms with Crippen LogP contribution in [0, 0.1) is 0 Å². The lowest BCUT2D eigenvalue weighted by atomic mass is 9.89. The maximum Gasteiger partial charge on any atom is 0.231 e. The minimum atomic E-state index is 0.430. The zero-order valence-electron chi connectivity index (χ0n) is 11.2. The van der Waals surface area contributed by atoms with Crippen LogP contribution in [0.4, 0.5) is 0 Å². The first-order valence-corrected chi connectivity index (χ1v) is 7.39. The molecule has 2 fully saturated rings. The lowest BCUT2D eigenvalue weighted by molar-refractivity contribution is 0.326. The molecule has 100 valence electrons. The molecule has 0 amide bonds. The molecule has 4 heteroatoms. The number of rotatable bonds is 3. The highest BCUT2D eigenvalue weighted by Gasteiger charge is 2.32. The zero-order valence-corrected chi connectivity index (χ0v) is 11.2. The van der Waals surface area contributed by atoms with E-state index in [1.165, 1.54) is 51.4 Å². The largest absolute Gasteiger partial charge is 0.339 e. The van der Waals surface area contributed by atoms with Crippen LogP contribution in [0.3, 0.4) is 0 Å². The molecular weight excluding hydrogens is 226 g/mol. The van der Waals surface area contributed by atoms with Gasteiger partial charge in [0.15, 0.2) is 5.82 Å². The fourth-order valence-electron chi connectivity index (χ4n) is 3.53. The molecule has 4 nitrogen and oxygen atoms in total. The molecule has 0 saturated heterocycles. The second kappa shape index (κ2) is 5.39. The molecule has 1 aromatic rings. The summed E-state index contributed by atoms with van der Waals surface area (Å²) < 4.78 is 5.53. The van der Waals surface area contributed by atoms with E-state index >= 15 is 0 Å². The van der Waals surface area contributed by atoms with Crippen LogP contribution in [0.15, 0.2) is 4.52 Å². The molecule has 1 N–H and O–H groups in total. The topological polar surface area (TPSA) is 51.0 Å². The first-order chi connectivity index (χ1) is 8.88. The van der Waals surface area contributed by atoms with E-state index in [9.17, 15) is 0 Å². The van der Waals surface area contributed by atoms with Crippen molar-refractivity contribution in [2.24, 2.45) is 0 Å². The molecule has 2 aliphatic carbocycles. The fourth-order valence-corrected chi connectivity index (χ4v) is 3.53. The molecule has 1 heterocycles. The average molecular weight is 249 g/mol. The number of hydrogen-bond donors (Lipinski definition) is 1. The maximum atomic E-state index is 5.53. The van der Waals surface area contributed by atoms with Crippen LogP contribution in [0.5, 0.6) is 0 Å². The van der Waals surface area contributed by atoms with Crippen LogP contribution >= 0.6 is 0 Å². The molecule has 0 spiro atoms. The van der Waals surface area contributed by atoms with E-state index in [0.717, 1.165) is 11.7 Å². The lowest BCUT2D eigenvalue weighted by Gasteiger charge is -2.18. The molecule has 18 heavy (non-hydrogen) atoms. The van der Waals surface area contributed by atoms with E-state index in [2.05, 4.69) is 10.5 Å². The van der Waals surface area contributed by atoms with Gasteiger partial charge in [-0.3, -0.25) is 0 Å². The van der Waals surface area contributed by atoms with Gasteiger partial charge in [0.1, 0.15) is 0 Å². The van der Waals surface area contributed by atoms with Gasteiger partial charge < -0.3 is 9.84 Å². The molecule has 2 saturated carbocycles. The monoisotopic (exact) mass is 249 g/mol. The highest BCUT2D eigenvalue weighted by Crippen LogP contribution is 2.36. The fraction of sp³-hybridized carbons (Fsp3) is 0.857. The summed E-state index contributed by atoms with van der Waals surface area (Å²) in [6.07, 6.45) is 10.1. The van der Waals surface area contributed by atoms with E-state index in [4.69, 9.17) is 9.51 Å². The molecule has 0 aromatic carbocycles. The van der Waals surface area contributed by atoms with Crippen molar-refractivity contribution >= 4 is 0 Å². The maximum absolute atomic E-state index is 5.53. The normalized spacial score (nSPS) is 29.8. The number of hydrogen-bond acceptors (Lipinski definition) is 4. The van der Waals surface area contributed by atoms with Crippen LogP contribution in [0.25, 0.3) is 0 Å². The van der Waals surface area contributed by atoms with Crippen LogP contribution in [0.2, 0.25) is 0 Å². The number of aromatic nitrogens is 2. The van der Waals surface area contributed by atoms with Crippen molar-refractivity contribution in [1.29, 1.82) is 0 Å². The predicted molar refractivity (Wildman–Crippen MR) is 69.6 cm³/mol. The van der Waals surface area contributed by atoms with Crippen molar-refractivity contribution in [3.8, 4) is 0 Å². The van der Waals surface area contributed by atoms with Gasteiger partial charge in [-0.25, -0.2) is 0 Å². The third kappa shape index (κ3) is 2.30. The zero-order chi connectivity index (χ0) is 12.4. The van der Waals surface area contributed by atoms with Crippen molar-refractivity contribution in [2.75, 3.05) is 7.05 Å². The first kappa shape index (κ1) is 12.2. The van der Waals surface area contributed by atoms with E-state index in [1.54, 1.807) is 0 Å². The molecule has 3 rings (SSSR count). The summed E-state index contributed by atoms with van der Waals surface area (Å²) in [6, 6.07) is 0.518. The molecule has 2 atom stereocenters. The van der Waals surface area contributed by atoms with Crippen molar-refractivity contribution in [2.45, 2.75) is 69.2 Å². The van der Waals surface area contributed by atoms with Gasteiger partial charge >= 0.3 is 0 Å². The summed E-state index contributed by atoms with van der Waals surface area (Å²) in [5.41, 5.74) is 0. The molecule has 0 aliphatic heterocycles. The Morgan fingerprint density at radius 1 is 1.06 bits per heavy atom. The minimum Gasteiger partial charge on any atom is -0.339 e. The van der Waals surface area contributed by atoms with Gasteiger partial charge in [0.2, 0.25) is 5.89 Å². The second-order valence-corrected chi connectivity index (χ2v) is 5.76. The van der Waals surface area contributed by atoms with E-state index in [1.807, 2.05) is 7.05 Å². The summed E-state index contributed by atoms with van der Waals surface area (Å²) in [5, 5.41) is 7.61. The molecular formula is C14H23N3O. The van der Waals surface area contributed by atoms with Crippen molar-refractivity contribution in [1.82, 2.24) is 15.5 Å². The summed E-state index contributed by atoms with van der Waals surface area (Å²) in [6.45, 7) is 0. The Labute approximate surface area is 109 Å². The smallest absolute Gasteiger partial charge is 0.231 e. The quantitative estimate of drug-likeness (QED) is 0.894. The highest BCUT2D eigenvalue weighted by atomic mass is 16.5. The molecule has 0 bridgehead atoms. The third-order valence-corrected chi connectivity index (χ3v) is 4.63. The molecule has 0 radical (unpaired) electrons. The van der Waals surface area contributed by atoms with Crippen molar-refractivity contribution < 1.29 is 4.52 Å². The van der Waals surface area contributed by atoms with Crippen molar-refractivity contribution in [3.05, 3.63) is 11.7 Å². The van der Waals surface area contributed by atoms with Gasteiger partial charge in [0.25, 0.3) is 0 Å². The first-order valence-electron chi connectivity index (χ1n) is 7.39. The summed E-state index contributed by atoms with van der Waals surface area (Å²) in [4.78, 5) is 4.70. The van der Waals surface area contributed by atoms with Crippen LogP contribution in [-0.4, -0.2) is 23.2 Å². The molecule has 2 aliphatic rings. The number of nitrogens with zero attached hydrogens (tertiary/aromatic N) is 2. The van der Waals surface area contributed by atoms with Gasteiger partial charge in [-0.1, -0.05) is 30.8 Å². The SMILES string of the molecule is CNC1CCCC1c1nc(C2CCCCC2)no1. The Morgan fingerprint density at radius 3 is 2.67 bits per heavy atom. The third-order valence-electron chi connectivity index (χ3n) is 4.63. The van der Waals surface area contributed by atoms with Gasteiger partial charge in [-0.05, 0) is 32.7 Å². The Hall–Kier alpha value is -0.900. The summed E-state index contributed by atoms with van der Waals surface area (Å²) in [5.74, 6) is 2.81. The standard InChI is InChI=1S/C14H23N3O/c1-15-12-9-5-8-11(12)14-16-13(17-18-14)10-6-3-2-4-7-10/h10-12,15H,2-9H2,1H3. The highest BCUT2D eigenvalue weighted by molar-refractivity contribution is 5.05. The van der Waals surface area contributed by atoms with Gasteiger partial charge in [-0.2, -0.15) is 4.98 Å². The number of nitrogens with one attached hydrogen (secondary N) is 1. The minimum absolute atomic E-state index is 0.430. The van der Waals surface area contributed by atoms with Crippen LogP contribution in [-0.2, 0) is 0 Å². The van der Waals surface area contributed by atoms with Crippen LogP contribution < -0.4 is 5.32 Å². The Morgan fingerprint density at radius 2 is 1.89 bits per heavy atom. The summed E-state index contributed by atoms with van der Waals surface area (Å²) in [7, 11) is 2.03. The van der Waals surface area contributed by atoms with E-state index in [-0.39, 0.29) is 0 Å². The Bertz CT molecular complexity index is 384. The number of likely N-dealkylation sites (N-methyl/N-ethyl adjacent to an activating group) is 1. The van der Waals surface area contributed by atoms with E-state index < -0.39 is 0 Å². The Kier molecular flexibility index (Phi) is 3.64. The van der Waals surface area contributed by atoms with Gasteiger partial charge in [0.05, 0.1) is 5.92 Å². The average Bonchev–Trinajstić information content (AvgIpc) is 3.08. The Balaban J connectivity index is 1.72. The molecule has 1 aromatic heterocycles. The predicted octanol–water partition coefficient (Wildman–Crippen LogP) is 2.97. The van der Waals surface area contributed by atoms with Gasteiger partial charge in [-0.15, -0.1) is 0 Å². The van der Waals surface area contributed by atoms with Crippen LogP contribution in [0.1, 0.15) is 74.9 Å². The second-order valence-electron chi connectivity index (χ2n) is 5.76. The summed E-state index contributed by atoms with van der Waals surface area (Å²) >= 11 is 0. The molecule has 2 unspecified atom stereocenters. The lowest BCUT2D eigenvalue weighted by Crippen LogP contribution is -2.27. The van der Waals surface area contributed by atoms with Crippen molar-refractivity contribution in [3.63, 3.8) is 0 Å².